The predicted octanol–water partition coefficient (Wildman–Crippen LogP) is 2.20. The fourth-order valence-electron chi connectivity index (χ4n) is 1.41. The molecule has 0 radical (unpaired) electrons. The van der Waals surface area contributed by atoms with Crippen molar-refractivity contribution < 1.29 is 9.57 Å². The van der Waals surface area contributed by atoms with Crippen LogP contribution in [0.4, 0.5) is 0 Å². The molecule has 16 heavy (non-hydrogen) atoms. The lowest BCUT2D eigenvalue weighted by atomic mass is 10.2. The van der Waals surface area contributed by atoms with E-state index in [0.717, 1.165) is 5.56 Å². The molecule has 0 unspecified atom stereocenters. The molecule has 0 bridgehead atoms. The van der Waals surface area contributed by atoms with E-state index >= 15 is 0 Å². The summed E-state index contributed by atoms with van der Waals surface area (Å²) in [6.07, 6.45) is 7.93. The molecule has 0 spiro atoms. The maximum Gasteiger partial charge on any atom is 0.223 e. The molecule has 0 saturated carbocycles. The molecule has 2 aromatic rings. The van der Waals surface area contributed by atoms with E-state index in [2.05, 4.69) is 24.3 Å². The van der Waals surface area contributed by atoms with E-state index in [-0.39, 0.29) is 0 Å². The van der Waals surface area contributed by atoms with Crippen LogP contribution in [0.1, 0.15) is 11.1 Å². The Bertz CT molecular complexity index is 460. The summed E-state index contributed by atoms with van der Waals surface area (Å²) in [5.41, 5.74) is 2.35. The second-order valence-electron chi connectivity index (χ2n) is 3.42. The summed E-state index contributed by atoms with van der Waals surface area (Å²) in [4.78, 5) is 5.02. The van der Waals surface area contributed by atoms with Gasteiger partial charge in [0.05, 0.1) is 0 Å². The van der Waals surface area contributed by atoms with Gasteiger partial charge in [0.2, 0.25) is 12.4 Å². The summed E-state index contributed by atoms with van der Waals surface area (Å²) >= 11 is 0. The lowest BCUT2D eigenvalue weighted by Gasteiger charge is -1.93. The van der Waals surface area contributed by atoms with Crippen molar-refractivity contribution in [3.8, 4) is 0 Å². The maximum absolute atomic E-state index is 5.02. The molecule has 0 saturated heterocycles. The zero-order chi connectivity index (χ0) is 11.2. The lowest BCUT2D eigenvalue weighted by molar-refractivity contribution is -0.885. The Kier molecular flexibility index (Phi) is 3.34. The first-order chi connectivity index (χ1) is 7.88. The lowest BCUT2D eigenvalue weighted by Crippen LogP contribution is -2.39. The molecule has 1 aromatic carbocycles. The van der Waals surface area contributed by atoms with Crippen LogP contribution in [-0.2, 0) is 0 Å². The van der Waals surface area contributed by atoms with Gasteiger partial charge in [-0.3, -0.25) is 4.84 Å². The van der Waals surface area contributed by atoms with E-state index < -0.39 is 0 Å². The van der Waals surface area contributed by atoms with Crippen LogP contribution >= 0.6 is 0 Å². The minimum absolute atomic E-state index is 1.15. The van der Waals surface area contributed by atoms with Gasteiger partial charge >= 0.3 is 0 Å². The smallest absolute Gasteiger partial charge is 0.223 e. The number of hydrogen-bond acceptors (Lipinski definition) is 1. The van der Waals surface area contributed by atoms with Crippen molar-refractivity contribution in [2.45, 2.75) is 0 Å². The van der Waals surface area contributed by atoms with Gasteiger partial charge in [-0.25, -0.2) is 0 Å². The highest BCUT2D eigenvalue weighted by Crippen LogP contribution is 2.05. The third-order valence-electron chi connectivity index (χ3n) is 2.31. The van der Waals surface area contributed by atoms with Gasteiger partial charge in [-0.05, 0) is 11.1 Å². The van der Waals surface area contributed by atoms with E-state index in [9.17, 15) is 0 Å². The summed E-state index contributed by atoms with van der Waals surface area (Å²) in [6, 6.07) is 14.2. The predicted molar refractivity (Wildman–Crippen MR) is 64.5 cm³/mol. The molecule has 0 amide bonds. The van der Waals surface area contributed by atoms with Gasteiger partial charge < -0.3 is 0 Å². The first-order valence-corrected chi connectivity index (χ1v) is 5.17. The van der Waals surface area contributed by atoms with Crippen LogP contribution in [0, 0.1) is 0 Å². The SMILES string of the molecule is CO[n+]1ccc(C=Cc2ccccc2)cc1. The molecule has 2 rings (SSSR count). The Labute approximate surface area is 95.4 Å². The maximum atomic E-state index is 5.02. The average molecular weight is 212 g/mol. The number of aromatic nitrogens is 1. The highest BCUT2D eigenvalue weighted by Gasteiger charge is 1.96. The van der Waals surface area contributed by atoms with Crippen LogP contribution < -0.4 is 9.57 Å². The molecular formula is C14H14NO+. The van der Waals surface area contributed by atoms with E-state index in [1.807, 2.05) is 42.7 Å². The van der Waals surface area contributed by atoms with Crippen LogP contribution in [0.3, 0.4) is 0 Å². The van der Waals surface area contributed by atoms with Gasteiger partial charge in [-0.15, -0.1) is 0 Å². The molecule has 0 fully saturated rings. The van der Waals surface area contributed by atoms with Gasteiger partial charge in [0.1, 0.15) is 7.11 Å². The number of rotatable bonds is 3. The van der Waals surface area contributed by atoms with Crippen molar-refractivity contribution >= 4 is 12.2 Å². The van der Waals surface area contributed by atoms with Gasteiger partial charge in [-0.2, -0.15) is 0 Å². The Morgan fingerprint density at radius 2 is 1.44 bits per heavy atom. The van der Waals surface area contributed by atoms with Crippen LogP contribution in [0.15, 0.2) is 54.9 Å². The molecule has 0 aliphatic heterocycles. The highest BCUT2D eigenvalue weighted by molar-refractivity contribution is 5.68. The van der Waals surface area contributed by atoms with Gasteiger partial charge in [0, 0.05) is 16.9 Å². The van der Waals surface area contributed by atoms with Crippen LogP contribution in [0.2, 0.25) is 0 Å². The zero-order valence-corrected chi connectivity index (χ0v) is 9.21. The molecule has 0 aliphatic carbocycles. The second kappa shape index (κ2) is 5.12. The van der Waals surface area contributed by atoms with E-state index in [4.69, 9.17) is 4.84 Å². The van der Waals surface area contributed by atoms with E-state index in [1.165, 1.54) is 5.56 Å². The van der Waals surface area contributed by atoms with Crippen molar-refractivity contribution in [1.82, 2.24) is 0 Å². The van der Waals surface area contributed by atoms with E-state index in [0.29, 0.717) is 0 Å². The zero-order valence-electron chi connectivity index (χ0n) is 9.21. The summed E-state index contributed by atoms with van der Waals surface area (Å²) in [7, 11) is 1.64. The van der Waals surface area contributed by atoms with Gasteiger partial charge in [0.15, 0.2) is 0 Å². The molecule has 0 atom stereocenters. The van der Waals surface area contributed by atoms with Crippen LogP contribution in [0.5, 0.6) is 0 Å². The van der Waals surface area contributed by atoms with Crippen molar-refractivity contribution in [1.29, 1.82) is 0 Å². The largest absolute Gasteiger partial charge is 0.275 e. The summed E-state index contributed by atoms with van der Waals surface area (Å²) in [5, 5.41) is 0. The fraction of sp³-hybridized carbons (Fsp3) is 0.0714. The molecule has 2 nitrogen and oxygen atoms in total. The standard InChI is InChI=1S/C14H14NO/c1-16-15-11-9-14(10-12-15)8-7-13-5-3-2-4-6-13/h2-12H,1H3/q+1. The van der Waals surface area contributed by atoms with Crippen LogP contribution in [0.25, 0.3) is 12.2 Å². The van der Waals surface area contributed by atoms with Crippen molar-refractivity contribution in [3.05, 3.63) is 66.0 Å². The minimum Gasteiger partial charge on any atom is -0.275 e. The van der Waals surface area contributed by atoms with E-state index in [1.54, 1.807) is 11.8 Å². The fourth-order valence-corrected chi connectivity index (χ4v) is 1.41. The third kappa shape index (κ3) is 2.70. The molecular weight excluding hydrogens is 198 g/mol. The molecule has 80 valence electrons. The summed E-state index contributed by atoms with van der Waals surface area (Å²) in [6.45, 7) is 0. The Morgan fingerprint density at radius 3 is 2.00 bits per heavy atom. The topological polar surface area (TPSA) is 13.1 Å². The number of nitrogens with zero attached hydrogens (tertiary/aromatic N) is 1. The average Bonchev–Trinajstić information content (AvgIpc) is 2.38. The van der Waals surface area contributed by atoms with Crippen LogP contribution in [-0.4, -0.2) is 7.11 Å². The van der Waals surface area contributed by atoms with Gasteiger partial charge in [-0.1, -0.05) is 42.5 Å². The third-order valence-corrected chi connectivity index (χ3v) is 2.31. The molecule has 0 aliphatic rings. The first-order valence-electron chi connectivity index (χ1n) is 5.17. The van der Waals surface area contributed by atoms with Crippen molar-refractivity contribution in [2.75, 3.05) is 7.11 Å². The van der Waals surface area contributed by atoms with Crippen molar-refractivity contribution in [2.24, 2.45) is 0 Å². The molecule has 2 heteroatoms. The molecule has 0 N–H and O–H groups in total. The summed E-state index contributed by atoms with van der Waals surface area (Å²) < 4.78 is 1.65. The Hall–Kier alpha value is -2.09. The number of hydrogen-bond donors (Lipinski definition) is 0. The normalized spacial score (nSPS) is 10.6. The first kappa shape index (κ1) is 10.4. The molecule has 1 heterocycles. The van der Waals surface area contributed by atoms with Crippen molar-refractivity contribution in [3.63, 3.8) is 0 Å². The highest BCUT2D eigenvalue weighted by atomic mass is 16.6. The number of benzene rings is 1. The number of pyridine rings is 1. The summed E-state index contributed by atoms with van der Waals surface area (Å²) in [5.74, 6) is 0. The second-order valence-corrected chi connectivity index (χ2v) is 3.42. The Morgan fingerprint density at radius 1 is 0.875 bits per heavy atom. The quantitative estimate of drug-likeness (QED) is 0.711. The monoisotopic (exact) mass is 212 g/mol. The Balaban J connectivity index is 2.12. The van der Waals surface area contributed by atoms with Gasteiger partial charge in [0.25, 0.3) is 0 Å². The minimum atomic E-state index is 1.15. The molecule has 1 aromatic heterocycles.